The van der Waals surface area contributed by atoms with Crippen molar-refractivity contribution in [2.75, 3.05) is 27.3 Å². The van der Waals surface area contributed by atoms with Gasteiger partial charge in [0.1, 0.15) is 0 Å². The average Bonchev–Trinajstić information content (AvgIpc) is 2.29. The first-order chi connectivity index (χ1) is 7.77. The quantitative estimate of drug-likeness (QED) is 0.741. The second kappa shape index (κ2) is 7.66. The summed E-state index contributed by atoms with van der Waals surface area (Å²) in [5.41, 5.74) is 1.34. The zero-order valence-electron chi connectivity index (χ0n) is 10.0. The van der Waals surface area contributed by atoms with Gasteiger partial charge in [-0.1, -0.05) is 23.7 Å². The number of methoxy groups -OCH3 is 1. The van der Waals surface area contributed by atoms with Crippen molar-refractivity contribution in [1.82, 2.24) is 5.32 Å². The van der Waals surface area contributed by atoms with Crippen molar-refractivity contribution in [2.24, 2.45) is 0 Å². The van der Waals surface area contributed by atoms with E-state index in [9.17, 15) is 0 Å². The molecule has 1 N–H and O–H groups in total. The Morgan fingerprint density at radius 2 is 2.00 bits per heavy atom. The maximum absolute atomic E-state index is 5.88. The van der Waals surface area contributed by atoms with Gasteiger partial charge < -0.3 is 10.1 Å². The highest BCUT2D eigenvalue weighted by Crippen LogP contribution is 2.22. The van der Waals surface area contributed by atoms with E-state index in [2.05, 4.69) is 17.4 Å². The summed E-state index contributed by atoms with van der Waals surface area (Å²) in [6.45, 7) is 1.82. The number of nitrogens with one attached hydrogen (secondary N) is 1. The van der Waals surface area contributed by atoms with Gasteiger partial charge in [-0.25, -0.2) is 0 Å². The van der Waals surface area contributed by atoms with Gasteiger partial charge in [-0.15, -0.1) is 0 Å². The normalized spacial score (nSPS) is 12.7. The number of halogens is 1. The molecule has 0 bridgehead atoms. The van der Waals surface area contributed by atoms with Gasteiger partial charge in [0.15, 0.2) is 0 Å². The SMILES string of the molecule is CNCC(CCCOC)c1ccc(Cl)cc1. The minimum absolute atomic E-state index is 0.539. The van der Waals surface area contributed by atoms with Gasteiger partial charge in [-0.05, 0) is 43.5 Å². The van der Waals surface area contributed by atoms with E-state index >= 15 is 0 Å². The smallest absolute Gasteiger partial charge is 0.0462 e. The summed E-state index contributed by atoms with van der Waals surface area (Å²) >= 11 is 5.88. The molecule has 0 aromatic heterocycles. The Hall–Kier alpha value is -0.570. The van der Waals surface area contributed by atoms with Gasteiger partial charge in [0.25, 0.3) is 0 Å². The summed E-state index contributed by atoms with van der Waals surface area (Å²) in [5.74, 6) is 0.539. The zero-order valence-corrected chi connectivity index (χ0v) is 10.8. The average molecular weight is 242 g/mol. The van der Waals surface area contributed by atoms with Crippen molar-refractivity contribution in [3.8, 4) is 0 Å². The predicted molar refractivity (Wildman–Crippen MR) is 69.2 cm³/mol. The minimum Gasteiger partial charge on any atom is -0.385 e. The third-order valence-electron chi connectivity index (χ3n) is 2.69. The molecule has 1 unspecified atom stereocenters. The number of hydrogen-bond acceptors (Lipinski definition) is 2. The van der Waals surface area contributed by atoms with Crippen LogP contribution in [0.2, 0.25) is 5.02 Å². The second-order valence-electron chi connectivity index (χ2n) is 3.94. The molecule has 1 aromatic rings. The van der Waals surface area contributed by atoms with Crippen molar-refractivity contribution < 1.29 is 4.74 Å². The third-order valence-corrected chi connectivity index (χ3v) is 2.94. The van der Waals surface area contributed by atoms with Gasteiger partial charge >= 0.3 is 0 Å². The van der Waals surface area contributed by atoms with Gasteiger partial charge in [0, 0.05) is 25.3 Å². The molecular formula is C13H20ClNO. The molecule has 1 atom stereocenters. The van der Waals surface area contributed by atoms with E-state index in [-0.39, 0.29) is 0 Å². The highest BCUT2D eigenvalue weighted by atomic mass is 35.5. The molecule has 0 fully saturated rings. The fraction of sp³-hybridized carbons (Fsp3) is 0.538. The van der Waals surface area contributed by atoms with Crippen molar-refractivity contribution in [1.29, 1.82) is 0 Å². The number of rotatable bonds is 7. The van der Waals surface area contributed by atoms with E-state index in [0.717, 1.165) is 31.0 Å². The molecule has 0 spiro atoms. The van der Waals surface area contributed by atoms with Crippen LogP contribution in [0.1, 0.15) is 24.3 Å². The van der Waals surface area contributed by atoms with Crippen LogP contribution in [0.15, 0.2) is 24.3 Å². The topological polar surface area (TPSA) is 21.3 Å². The van der Waals surface area contributed by atoms with Crippen LogP contribution in [0, 0.1) is 0 Å². The van der Waals surface area contributed by atoms with Crippen molar-refractivity contribution in [3.05, 3.63) is 34.9 Å². The van der Waals surface area contributed by atoms with Crippen LogP contribution in [0.5, 0.6) is 0 Å². The minimum atomic E-state index is 0.539. The molecule has 0 heterocycles. The van der Waals surface area contributed by atoms with Crippen molar-refractivity contribution in [2.45, 2.75) is 18.8 Å². The molecule has 1 rings (SSSR count). The second-order valence-corrected chi connectivity index (χ2v) is 4.38. The van der Waals surface area contributed by atoms with E-state index in [1.165, 1.54) is 5.56 Å². The molecule has 90 valence electrons. The van der Waals surface area contributed by atoms with Crippen molar-refractivity contribution >= 4 is 11.6 Å². The van der Waals surface area contributed by atoms with Crippen LogP contribution in [0.3, 0.4) is 0 Å². The van der Waals surface area contributed by atoms with E-state index < -0.39 is 0 Å². The van der Waals surface area contributed by atoms with Crippen LogP contribution in [-0.4, -0.2) is 27.3 Å². The predicted octanol–water partition coefficient (Wildman–Crippen LogP) is 3.07. The summed E-state index contributed by atoms with van der Waals surface area (Å²) in [5, 5.41) is 4.03. The number of hydrogen-bond donors (Lipinski definition) is 1. The Labute approximate surface area is 103 Å². The fourth-order valence-corrected chi connectivity index (χ4v) is 1.97. The zero-order chi connectivity index (χ0) is 11.8. The third kappa shape index (κ3) is 4.52. The molecule has 0 amide bonds. The van der Waals surface area contributed by atoms with Gasteiger partial charge in [0.05, 0.1) is 0 Å². The summed E-state index contributed by atoms with van der Waals surface area (Å²) in [4.78, 5) is 0. The van der Waals surface area contributed by atoms with Gasteiger partial charge in [0.2, 0.25) is 0 Å². The van der Waals surface area contributed by atoms with Crippen LogP contribution >= 0.6 is 11.6 Å². The highest BCUT2D eigenvalue weighted by Gasteiger charge is 2.10. The molecule has 0 radical (unpaired) electrons. The van der Waals surface area contributed by atoms with Crippen LogP contribution in [0.4, 0.5) is 0 Å². The Kier molecular flexibility index (Phi) is 6.46. The van der Waals surface area contributed by atoms with E-state index in [1.807, 2.05) is 19.2 Å². The maximum Gasteiger partial charge on any atom is 0.0462 e. The van der Waals surface area contributed by atoms with Gasteiger partial charge in [-0.2, -0.15) is 0 Å². The summed E-state index contributed by atoms with van der Waals surface area (Å²) in [6.07, 6.45) is 2.22. The summed E-state index contributed by atoms with van der Waals surface area (Å²) < 4.78 is 5.08. The van der Waals surface area contributed by atoms with Gasteiger partial charge in [-0.3, -0.25) is 0 Å². The lowest BCUT2D eigenvalue weighted by Gasteiger charge is -2.16. The molecule has 3 heteroatoms. The lowest BCUT2D eigenvalue weighted by atomic mass is 9.94. The summed E-state index contributed by atoms with van der Waals surface area (Å²) in [6, 6.07) is 8.13. The number of ether oxygens (including phenoxy) is 1. The van der Waals surface area contributed by atoms with Crippen LogP contribution in [-0.2, 0) is 4.74 Å². The Morgan fingerprint density at radius 3 is 2.56 bits per heavy atom. The lowest BCUT2D eigenvalue weighted by molar-refractivity contribution is 0.190. The standard InChI is InChI=1S/C13H20ClNO/c1-15-10-12(4-3-9-16-2)11-5-7-13(14)8-6-11/h5-8,12,15H,3-4,9-10H2,1-2H3. The maximum atomic E-state index is 5.88. The monoisotopic (exact) mass is 241 g/mol. The fourth-order valence-electron chi connectivity index (χ4n) is 1.84. The molecule has 16 heavy (non-hydrogen) atoms. The molecular weight excluding hydrogens is 222 g/mol. The first-order valence-corrected chi connectivity index (χ1v) is 6.04. The molecule has 0 aliphatic heterocycles. The van der Waals surface area contributed by atoms with E-state index in [4.69, 9.17) is 16.3 Å². The Bertz CT molecular complexity index is 286. The van der Waals surface area contributed by atoms with E-state index in [1.54, 1.807) is 7.11 Å². The molecule has 0 aliphatic carbocycles. The molecule has 2 nitrogen and oxygen atoms in total. The Balaban J connectivity index is 2.57. The molecule has 0 saturated heterocycles. The van der Waals surface area contributed by atoms with Crippen molar-refractivity contribution in [3.63, 3.8) is 0 Å². The van der Waals surface area contributed by atoms with E-state index in [0.29, 0.717) is 5.92 Å². The number of benzene rings is 1. The molecule has 0 aliphatic rings. The van der Waals surface area contributed by atoms with Crippen LogP contribution in [0.25, 0.3) is 0 Å². The lowest BCUT2D eigenvalue weighted by Crippen LogP contribution is -2.17. The first kappa shape index (κ1) is 13.5. The van der Waals surface area contributed by atoms with Crippen LogP contribution < -0.4 is 5.32 Å². The largest absolute Gasteiger partial charge is 0.385 e. The molecule has 1 aromatic carbocycles. The number of likely N-dealkylation sites (N-methyl/N-ethyl adjacent to an activating group) is 1. The highest BCUT2D eigenvalue weighted by molar-refractivity contribution is 6.30. The molecule has 0 saturated carbocycles. The summed E-state index contributed by atoms with van der Waals surface area (Å²) in [7, 11) is 3.73. The Morgan fingerprint density at radius 1 is 1.31 bits per heavy atom. The first-order valence-electron chi connectivity index (χ1n) is 5.67.